The van der Waals surface area contributed by atoms with E-state index in [0.29, 0.717) is 25.9 Å². The highest BCUT2D eigenvalue weighted by atomic mass is 32.2. The van der Waals surface area contributed by atoms with E-state index in [0.717, 1.165) is 5.56 Å². The van der Waals surface area contributed by atoms with Crippen LogP contribution in [0, 0.1) is 0 Å². The molecule has 2 heterocycles. The number of nitrogens with zero attached hydrogens (tertiary/aromatic N) is 1. The first-order valence-electron chi connectivity index (χ1n) is 6.86. The fourth-order valence-corrected chi connectivity index (χ4v) is 3.46. The monoisotopic (exact) mass is 363 g/mol. The number of hydrogen-bond acceptors (Lipinski definition) is 7. The molecule has 0 atom stereocenters. The minimum atomic E-state index is -0.584. The lowest BCUT2D eigenvalue weighted by atomic mass is 10.1. The van der Waals surface area contributed by atoms with Gasteiger partial charge in [-0.05, 0) is 17.7 Å². The molecule has 124 valence electrons. The number of esters is 1. The van der Waals surface area contributed by atoms with Crippen molar-refractivity contribution in [3.05, 3.63) is 34.4 Å². The number of thioether (sulfide) groups is 1. The van der Waals surface area contributed by atoms with Crippen molar-refractivity contribution in [1.82, 2.24) is 4.90 Å². The zero-order valence-corrected chi connectivity index (χ0v) is 14.7. The van der Waals surface area contributed by atoms with Crippen LogP contribution in [0.2, 0.25) is 0 Å². The summed E-state index contributed by atoms with van der Waals surface area (Å²) in [5.41, 5.74) is 1.14. The summed E-state index contributed by atoms with van der Waals surface area (Å²) >= 11 is 6.36. The fraction of sp³-hybridized carbons (Fsp3) is 0.188. The molecular formula is C16H13NO5S2. The summed E-state index contributed by atoms with van der Waals surface area (Å²) in [5.74, 6) is -0.195. The lowest BCUT2D eigenvalue weighted by Crippen LogP contribution is -2.22. The summed E-state index contributed by atoms with van der Waals surface area (Å²) in [5, 5.41) is 0.649. The van der Waals surface area contributed by atoms with E-state index in [1.165, 1.54) is 30.9 Å². The van der Waals surface area contributed by atoms with Crippen LogP contribution in [0.1, 0.15) is 16.1 Å². The Morgan fingerprint density at radius 1 is 1.38 bits per heavy atom. The number of rotatable bonds is 3. The van der Waals surface area contributed by atoms with Gasteiger partial charge in [0.25, 0.3) is 5.91 Å². The Bertz CT molecular complexity index is 899. The third-order valence-corrected chi connectivity index (χ3v) is 5.05. The van der Waals surface area contributed by atoms with Gasteiger partial charge in [-0.2, -0.15) is 0 Å². The van der Waals surface area contributed by atoms with Gasteiger partial charge < -0.3 is 13.9 Å². The van der Waals surface area contributed by atoms with Crippen molar-refractivity contribution < 1.29 is 23.5 Å². The molecular weight excluding hydrogens is 350 g/mol. The first kappa shape index (κ1) is 16.5. The van der Waals surface area contributed by atoms with Crippen LogP contribution >= 0.6 is 24.0 Å². The topological polar surface area (TPSA) is 69.0 Å². The zero-order valence-electron chi connectivity index (χ0n) is 13.1. The maximum Gasteiger partial charge on any atom is 0.373 e. The van der Waals surface area contributed by atoms with Gasteiger partial charge in [-0.15, -0.1) is 0 Å². The van der Waals surface area contributed by atoms with Crippen molar-refractivity contribution in [3.63, 3.8) is 0 Å². The Kier molecular flexibility index (Phi) is 4.33. The molecule has 0 N–H and O–H groups in total. The maximum absolute atomic E-state index is 12.2. The van der Waals surface area contributed by atoms with Gasteiger partial charge in [-0.25, -0.2) is 4.79 Å². The number of fused-ring (bicyclic) bond motifs is 1. The molecule has 1 amide bonds. The highest BCUT2D eigenvalue weighted by molar-refractivity contribution is 8.26. The number of hydrogen-bond donors (Lipinski definition) is 0. The van der Waals surface area contributed by atoms with E-state index in [2.05, 4.69) is 4.74 Å². The number of carbonyl (C=O) groups excluding carboxylic acids is 2. The van der Waals surface area contributed by atoms with Gasteiger partial charge in [0.2, 0.25) is 5.76 Å². The molecule has 0 unspecified atom stereocenters. The summed E-state index contributed by atoms with van der Waals surface area (Å²) in [6, 6.07) is 5.08. The highest BCUT2D eigenvalue weighted by Gasteiger charge is 2.29. The van der Waals surface area contributed by atoms with Crippen LogP contribution in [0.25, 0.3) is 17.0 Å². The van der Waals surface area contributed by atoms with Crippen molar-refractivity contribution in [2.24, 2.45) is 0 Å². The molecule has 6 nitrogen and oxygen atoms in total. The van der Waals surface area contributed by atoms with E-state index in [-0.39, 0.29) is 11.7 Å². The first-order valence-corrected chi connectivity index (χ1v) is 8.09. The molecule has 0 aliphatic carbocycles. The summed E-state index contributed by atoms with van der Waals surface area (Å²) in [6.07, 6.45) is 1.72. The predicted molar refractivity (Wildman–Crippen MR) is 95.0 cm³/mol. The van der Waals surface area contributed by atoms with Gasteiger partial charge in [-0.1, -0.05) is 30.0 Å². The Morgan fingerprint density at radius 3 is 2.71 bits per heavy atom. The number of amides is 1. The summed E-state index contributed by atoms with van der Waals surface area (Å²) in [4.78, 5) is 25.8. The van der Waals surface area contributed by atoms with Crippen LogP contribution < -0.4 is 4.74 Å². The molecule has 1 aromatic carbocycles. The summed E-state index contributed by atoms with van der Waals surface area (Å²) in [6.45, 7) is 0. The Morgan fingerprint density at radius 2 is 2.12 bits per heavy atom. The standard InChI is InChI=1S/C16H13NO5S2/c1-17-14(18)12(24-16(17)23)6-8-4-5-10(20-2)13-9(8)7-11(22-13)15(19)21-3/h4-7H,1-3H3/b12-6+. The van der Waals surface area contributed by atoms with Crippen LogP contribution in [0.3, 0.4) is 0 Å². The second kappa shape index (κ2) is 6.29. The molecule has 2 aromatic rings. The molecule has 0 radical (unpaired) electrons. The Balaban J connectivity index is 2.15. The average Bonchev–Trinajstić information content (AvgIpc) is 3.13. The van der Waals surface area contributed by atoms with Gasteiger partial charge in [0.15, 0.2) is 11.3 Å². The zero-order chi connectivity index (χ0) is 17.4. The van der Waals surface area contributed by atoms with Gasteiger partial charge in [0, 0.05) is 18.5 Å². The average molecular weight is 363 g/mol. The van der Waals surface area contributed by atoms with Gasteiger partial charge in [0.05, 0.1) is 19.1 Å². The van der Waals surface area contributed by atoms with Crippen LogP contribution in [0.15, 0.2) is 27.5 Å². The van der Waals surface area contributed by atoms with Gasteiger partial charge >= 0.3 is 5.97 Å². The molecule has 0 bridgehead atoms. The second-order valence-corrected chi connectivity index (χ2v) is 6.62. The fourth-order valence-electron chi connectivity index (χ4n) is 2.29. The number of likely N-dealkylation sites (N-methyl/N-ethyl adjacent to an activating group) is 1. The van der Waals surface area contributed by atoms with Crippen molar-refractivity contribution in [3.8, 4) is 5.75 Å². The van der Waals surface area contributed by atoms with Crippen molar-refractivity contribution >= 4 is 57.2 Å². The van der Waals surface area contributed by atoms with Crippen LogP contribution in [-0.4, -0.2) is 42.4 Å². The molecule has 1 fully saturated rings. The summed E-state index contributed by atoms with van der Waals surface area (Å²) in [7, 11) is 4.42. The van der Waals surface area contributed by atoms with E-state index in [1.807, 2.05) is 0 Å². The molecule has 8 heteroatoms. The van der Waals surface area contributed by atoms with Crippen molar-refractivity contribution in [2.75, 3.05) is 21.3 Å². The van der Waals surface area contributed by atoms with Crippen LogP contribution in [0.4, 0.5) is 0 Å². The normalized spacial score (nSPS) is 16.3. The number of furan rings is 1. The van der Waals surface area contributed by atoms with E-state index in [9.17, 15) is 9.59 Å². The molecule has 3 rings (SSSR count). The van der Waals surface area contributed by atoms with E-state index < -0.39 is 5.97 Å². The van der Waals surface area contributed by atoms with Crippen molar-refractivity contribution in [2.45, 2.75) is 0 Å². The largest absolute Gasteiger partial charge is 0.493 e. The first-order chi connectivity index (χ1) is 11.5. The minimum Gasteiger partial charge on any atom is -0.493 e. The Labute approximate surface area is 147 Å². The minimum absolute atomic E-state index is 0.0645. The van der Waals surface area contributed by atoms with Gasteiger partial charge in [0.1, 0.15) is 4.32 Å². The summed E-state index contributed by atoms with van der Waals surface area (Å²) < 4.78 is 16.0. The van der Waals surface area contributed by atoms with E-state index in [4.69, 9.17) is 21.4 Å². The third-order valence-electron chi connectivity index (χ3n) is 3.56. The third kappa shape index (κ3) is 2.67. The number of carbonyl (C=O) groups is 2. The quantitative estimate of drug-likeness (QED) is 0.471. The molecule has 1 aromatic heterocycles. The molecule has 0 spiro atoms. The molecule has 24 heavy (non-hydrogen) atoms. The van der Waals surface area contributed by atoms with Crippen LogP contribution in [0.5, 0.6) is 5.75 Å². The van der Waals surface area contributed by atoms with E-state index in [1.54, 1.807) is 31.3 Å². The van der Waals surface area contributed by atoms with Crippen molar-refractivity contribution in [1.29, 1.82) is 0 Å². The smallest absolute Gasteiger partial charge is 0.373 e. The molecule has 0 saturated carbocycles. The highest BCUT2D eigenvalue weighted by Crippen LogP contribution is 2.36. The lowest BCUT2D eigenvalue weighted by Gasteiger charge is -2.04. The predicted octanol–water partition coefficient (Wildman–Crippen LogP) is 3.06. The van der Waals surface area contributed by atoms with Gasteiger partial charge in [-0.3, -0.25) is 9.69 Å². The maximum atomic E-state index is 12.2. The van der Waals surface area contributed by atoms with Crippen LogP contribution in [-0.2, 0) is 9.53 Å². The second-order valence-electron chi connectivity index (χ2n) is 4.94. The number of methoxy groups -OCH3 is 2. The number of thiocarbonyl (C=S) groups is 1. The number of benzene rings is 1. The molecule has 1 aliphatic rings. The van der Waals surface area contributed by atoms with E-state index >= 15 is 0 Å². The lowest BCUT2D eigenvalue weighted by molar-refractivity contribution is -0.121. The molecule has 1 aliphatic heterocycles. The SMILES string of the molecule is COC(=O)c1cc2c(/C=C3/SC(=S)N(C)C3=O)ccc(OC)c2o1. The molecule has 1 saturated heterocycles. The number of ether oxygens (including phenoxy) is 2. The Hall–Kier alpha value is -2.32.